The van der Waals surface area contributed by atoms with Crippen molar-refractivity contribution in [1.82, 2.24) is 9.88 Å². The number of aromatic nitrogens is 1. The summed E-state index contributed by atoms with van der Waals surface area (Å²) in [5.74, 6) is -0.212. The molecule has 2 rings (SSSR count). The van der Waals surface area contributed by atoms with Crippen LogP contribution in [0.2, 0.25) is 0 Å². The zero-order chi connectivity index (χ0) is 20.9. The molecule has 2 N–H and O–H groups in total. The molecule has 0 bridgehead atoms. The standard InChI is InChI=1S/C20H24N2O6/c1-20(2,3)28-19(26)21-9-10-22-12-13(5-8-17(22)24)18(25)15-11-14(27-4)6-7-16(15)23/h5-8,11-12,23H,9-10H2,1-4H3,(H,21,26). The second kappa shape index (κ2) is 8.60. The van der Waals surface area contributed by atoms with Crippen molar-refractivity contribution in [3.05, 3.63) is 58.0 Å². The Morgan fingerprint density at radius 1 is 1.18 bits per heavy atom. The SMILES string of the molecule is COc1ccc(O)c(C(=O)c2ccc(=O)n(CCNC(=O)OC(C)(C)C)c2)c1. The van der Waals surface area contributed by atoms with E-state index in [-0.39, 0.29) is 35.5 Å². The van der Waals surface area contributed by atoms with Crippen molar-refractivity contribution in [2.75, 3.05) is 13.7 Å². The van der Waals surface area contributed by atoms with Crippen molar-refractivity contribution in [3.8, 4) is 11.5 Å². The molecule has 0 saturated carbocycles. The van der Waals surface area contributed by atoms with Crippen LogP contribution in [0.4, 0.5) is 4.79 Å². The third-order valence-corrected chi connectivity index (χ3v) is 3.71. The number of hydrogen-bond acceptors (Lipinski definition) is 6. The van der Waals surface area contributed by atoms with E-state index in [1.807, 2.05) is 0 Å². The van der Waals surface area contributed by atoms with Gasteiger partial charge in [-0.05, 0) is 45.0 Å². The molecule has 1 aromatic heterocycles. The summed E-state index contributed by atoms with van der Waals surface area (Å²) in [6.07, 6.45) is 0.800. The van der Waals surface area contributed by atoms with E-state index in [0.29, 0.717) is 5.75 Å². The molecular formula is C20H24N2O6. The zero-order valence-corrected chi connectivity index (χ0v) is 16.3. The molecule has 0 aliphatic heterocycles. The maximum Gasteiger partial charge on any atom is 0.407 e. The highest BCUT2D eigenvalue weighted by Crippen LogP contribution is 2.25. The van der Waals surface area contributed by atoms with E-state index in [2.05, 4.69) is 5.32 Å². The Hall–Kier alpha value is -3.29. The average Bonchev–Trinajstić information content (AvgIpc) is 2.61. The number of rotatable bonds is 6. The number of nitrogens with zero attached hydrogens (tertiary/aromatic N) is 1. The first-order chi connectivity index (χ1) is 13.1. The van der Waals surface area contributed by atoms with Crippen molar-refractivity contribution >= 4 is 11.9 Å². The van der Waals surface area contributed by atoms with Crippen LogP contribution in [0.1, 0.15) is 36.7 Å². The number of phenolic OH excluding ortho intramolecular Hbond substituents is 1. The second-order valence-corrected chi connectivity index (χ2v) is 7.09. The summed E-state index contributed by atoms with van der Waals surface area (Å²) in [5, 5.41) is 12.5. The van der Waals surface area contributed by atoms with Gasteiger partial charge in [-0.3, -0.25) is 9.59 Å². The van der Waals surface area contributed by atoms with Crippen LogP contribution in [0.5, 0.6) is 11.5 Å². The number of ether oxygens (including phenoxy) is 2. The highest BCUT2D eigenvalue weighted by Gasteiger charge is 2.17. The Kier molecular flexibility index (Phi) is 6.45. The van der Waals surface area contributed by atoms with Gasteiger partial charge in [0.1, 0.15) is 17.1 Å². The lowest BCUT2D eigenvalue weighted by atomic mass is 10.0. The Bertz CT molecular complexity index is 927. The van der Waals surface area contributed by atoms with Gasteiger partial charge < -0.3 is 24.5 Å². The first-order valence-electron chi connectivity index (χ1n) is 8.70. The fourth-order valence-corrected chi connectivity index (χ4v) is 2.41. The van der Waals surface area contributed by atoms with Gasteiger partial charge in [0.05, 0.1) is 12.7 Å². The van der Waals surface area contributed by atoms with Gasteiger partial charge in [-0.2, -0.15) is 0 Å². The third-order valence-electron chi connectivity index (χ3n) is 3.71. The molecule has 150 valence electrons. The maximum atomic E-state index is 12.7. The summed E-state index contributed by atoms with van der Waals surface area (Å²) in [5.41, 5.74) is -0.652. The number of pyridine rings is 1. The molecule has 1 aromatic carbocycles. The van der Waals surface area contributed by atoms with Crippen molar-refractivity contribution in [3.63, 3.8) is 0 Å². The summed E-state index contributed by atoms with van der Waals surface area (Å²) < 4.78 is 11.5. The molecule has 0 unspecified atom stereocenters. The Labute approximate surface area is 162 Å². The molecule has 0 spiro atoms. The number of carbonyl (C=O) groups is 2. The summed E-state index contributed by atoms with van der Waals surface area (Å²) in [7, 11) is 1.46. The molecule has 0 atom stereocenters. The highest BCUT2D eigenvalue weighted by molar-refractivity contribution is 6.10. The minimum Gasteiger partial charge on any atom is -0.507 e. The summed E-state index contributed by atoms with van der Waals surface area (Å²) >= 11 is 0. The Balaban J connectivity index is 2.14. The minimum absolute atomic E-state index is 0.0661. The van der Waals surface area contributed by atoms with E-state index in [4.69, 9.17) is 9.47 Å². The molecule has 1 heterocycles. The normalized spacial score (nSPS) is 11.0. The fraction of sp³-hybridized carbons (Fsp3) is 0.350. The zero-order valence-electron chi connectivity index (χ0n) is 16.3. The summed E-state index contributed by atoms with van der Waals surface area (Å²) in [6, 6.07) is 6.98. The van der Waals surface area contributed by atoms with Crippen LogP contribution < -0.4 is 15.6 Å². The third kappa shape index (κ3) is 5.60. The lowest BCUT2D eigenvalue weighted by Gasteiger charge is -2.19. The fourth-order valence-electron chi connectivity index (χ4n) is 2.41. The lowest BCUT2D eigenvalue weighted by Crippen LogP contribution is -2.35. The molecule has 8 nitrogen and oxygen atoms in total. The number of amides is 1. The van der Waals surface area contributed by atoms with E-state index in [9.17, 15) is 19.5 Å². The number of benzene rings is 1. The molecule has 28 heavy (non-hydrogen) atoms. The van der Waals surface area contributed by atoms with E-state index >= 15 is 0 Å². The van der Waals surface area contributed by atoms with Crippen LogP contribution in [0.25, 0.3) is 0 Å². The van der Waals surface area contributed by atoms with Crippen LogP contribution in [0.3, 0.4) is 0 Å². The Morgan fingerprint density at radius 2 is 1.89 bits per heavy atom. The van der Waals surface area contributed by atoms with E-state index < -0.39 is 17.5 Å². The average molecular weight is 388 g/mol. The van der Waals surface area contributed by atoms with Gasteiger partial charge >= 0.3 is 6.09 Å². The lowest BCUT2D eigenvalue weighted by molar-refractivity contribution is 0.0525. The maximum absolute atomic E-state index is 12.7. The number of phenols is 1. The number of aromatic hydroxyl groups is 1. The molecule has 2 aromatic rings. The molecule has 0 radical (unpaired) electrons. The molecule has 0 saturated heterocycles. The van der Waals surface area contributed by atoms with Crippen LogP contribution in [0, 0.1) is 0 Å². The van der Waals surface area contributed by atoms with Crippen LogP contribution in [0.15, 0.2) is 41.3 Å². The van der Waals surface area contributed by atoms with Crippen LogP contribution in [-0.4, -0.2) is 40.8 Å². The van der Waals surface area contributed by atoms with E-state index in [1.54, 1.807) is 20.8 Å². The molecule has 0 fully saturated rings. The first kappa shape index (κ1) is 21.0. The number of ketones is 1. The summed E-state index contributed by atoms with van der Waals surface area (Å²) in [6.45, 7) is 5.56. The summed E-state index contributed by atoms with van der Waals surface area (Å²) in [4.78, 5) is 36.4. The number of methoxy groups -OCH3 is 1. The molecule has 0 aliphatic rings. The predicted octanol–water partition coefficient (Wildman–Crippen LogP) is 2.32. The topological polar surface area (TPSA) is 107 Å². The van der Waals surface area contributed by atoms with Crippen molar-refractivity contribution < 1.29 is 24.2 Å². The quantitative estimate of drug-likeness (QED) is 0.736. The van der Waals surface area contributed by atoms with Crippen molar-refractivity contribution in [2.24, 2.45) is 0 Å². The van der Waals surface area contributed by atoms with Gasteiger partial charge in [-0.1, -0.05) is 0 Å². The van der Waals surface area contributed by atoms with E-state index in [1.165, 1.54) is 48.2 Å². The smallest absolute Gasteiger partial charge is 0.407 e. The van der Waals surface area contributed by atoms with Crippen molar-refractivity contribution in [1.29, 1.82) is 0 Å². The van der Waals surface area contributed by atoms with Gasteiger partial charge in [-0.15, -0.1) is 0 Å². The Morgan fingerprint density at radius 3 is 2.54 bits per heavy atom. The number of nitrogens with one attached hydrogen (secondary N) is 1. The molecule has 0 aliphatic carbocycles. The molecular weight excluding hydrogens is 364 g/mol. The van der Waals surface area contributed by atoms with E-state index in [0.717, 1.165) is 0 Å². The van der Waals surface area contributed by atoms with Crippen LogP contribution in [-0.2, 0) is 11.3 Å². The number of carbonyl (C=O) groups excluding carboxylic acids is 2. The van der Waals surface area contributed by atoms with Gasteiger partial charge in [0, 0.05) is 30.9 Å². The molecule has 8 heteroatoms. The van der Waals surface area contributed by atoms with Gasteiger partial charge in [0.25, 0.3) is 5.56 Å². The second-order valence-electron chi connectivity index (χ2n) is 7.09. The minimum atomic E-state index is -0.619. The van der Waals surface area contributed by atoms with Crippen molar-refractivity contribution in [2.45, 2.75) is 32.9 Å². The van der Waals surface area contributed by atoms with Crippen LogP contribution >= 0.6 is 0 Å². The van der Waals surface area contributed by atoms with Gasteiger partial charge in [-0.25, -0.2) is 4.79 Å². The van der Waals surface area contributed by atoms with Gasteiger partial charge in [0.2, 0.25) is 0 Å². The van der Waals surface area contributed by atoms with Gasteiger partial charge in [0.15, 0.2) is 5.78 Å². The monoisotopic (exact) mass is 388 g/mol. The molecule has 1 amide bonds. The highest BCUT2D eigenvalue weighted by atomic mass is 16.6. The predicted molar refractivity (Wildman–Crippen MR) is 103 cm³/mol. The number of hydrogen-bond donors (Lipinski definition) is 2. The largest absolute Gasteiger partial charge is 0.507 e. The first-order valence-corrected chi connectivity index (χ1v) is 8.70. The number of alkyl carbamates (subject to hydrolysis) is 1.